The minimum Gasteiger partial charge on any atom is -0.466 e. The van der Waals surface area contributed by atoms with Crippen LogP contribution >= 0.6 is 0 Å². The fourth-order valence-corrected chi connectivity index (χ4v) is 1.96. The van der Waals surface area contributed by atoms with Gasteiger partial charge in [0.15, 0.2) is 0 Å². The van der Waals surface area contributed by atoms with E-state index in [-0.39, 0.29) is 16.8 Å². The normalized spacial score (nSPS) is 33.7. The van der Waals surface area contributed by atoms with Crippen molar-refractivity contribution in [2.75, 3.05) is 6.61 Å². The average Bonchev–Trinajstić information content (AvgIpc) is 2.44. The summed E-state index contributed by atoms with van der Waals surface area (Å²) >= 11 is 0. The van der Waals surface area contributed by atoms with E-state index in [4.69, 9.17) is 11.2 Å². The summed E-state index contributed by atoms with van der Waals surface area (Å²) in [5.41, 5.74) is -0.204. The molecule has 0 amide bonds. The van der Waals surface area contributed by atoms with Crippen LogP contribution in [0.4, 0.5) is 0 Å². The summed E-state index contributed by atoms with van der Waals surface area (Å²) in [4.78, 5) is 10.7. The van der Waals surface area contributed by atoms with Gasteiger partial charge in [-0.15, -0.1) is 6.42 Å². The van der Waals surface area contributed by atoms with Crippen molar-refractivity contribution in [1.29, 1.82) is 0 Å². The van der Waals surface area contributed by atoms with E-state index >= 15 is 0 Å². The summed E-state index contributed by atoms with van der Waals surface area (Å²) in [5.74, 6) is 2.63. The highest BCUT2D eigenvalue weighted by Crippen LogP contribution is 2.49. The maximum atomic E-state index is 10.7. The van der Waals surface area contributed by atoms with Gasteiger partial charge in [-0.25, -0.2) is 0 Å². The summed E-state index contributed by atoms with van der Waals surface area (Å²) in [5, 5.41) is 0. The van der Waals surface area contributed by atoms with Gasteiger partial charge < -0.3 is 4.74 Å². The van der Waals surface area contributed by atoms with Crippen molar-refractivity contribution in [3.8, 4) is 12.3 Å². The number of carbonyl (C=O) groups excluding carboxylic acids is 1. The monoisotopic (exact) mass is 206 g/mol. The number of ether oxygens (including phenoxy) is 1. The van der Waals surface area contributed by atoms with Gasteiger partial charge >= 0.3 is 5.97 Å². The van der Waals surface area contributed by atoms with Gasteiger partial charge in [-0.2, -0.15) is 0 Å². The molecule has 0 aliphatic heterocycles. The first-order chi connectivity index (χ1) is 6.93. The SMILES string of the molecule is C#C[C@@]1(C)CC=C[C@@]1(C)CCOC(C)=O. The van der Waals surface area contributed by atoms with Crippen molar-refractivity contribution in [1.82, 2.24) is 0 Å². The molecule has 0 aromatic carbocycles. The Morgan fingerprint density at radius 3 is 2.80 bits per heavy atom. The van der Waals surface area contributed by atoms with E-state index in [1.807, 2.05) is 0 Å². The Labute approximate surface area is 91.7 Å². The van der Waals surface area contributed by atoms with E-state index in [0.717, 1.165) is 12.8 Å². The first kappa shape index (κ1) is 11.8. The topological polar surface area (TPSA) is 26.3 Å². The first-order valence-electron chi connectivity index (χ1n) is 5.22. The zero-order valence-electron chi connectivity index (χ0n) is 9.67. The lowest BCUT2D eigenvalue weighted by Gasteiger charge is -2.36. The summed E-state index contributed by atoms with van der Waals surface area (Å²) in [6.45, 7) is 6.07. The van der Waals surface area contributed by atoms with E-state index in [1.165, 1.54) is 6.92 Å². The molecule has 0 aromatic heterocycles. The van der Waals surface area contributed by atoms with E-state index < -0.39 is 0 Å². The number of carbonyl (C=O) groups is 1. The predicted molar refractivity (Wildman–Crippen MR) is 60.1 cm³/mol. The van der Waals surface area contributed by atoms with E-state index in [2.05, 4.69) is 31.9 Å². The smallest absolute Gasteiger partial charge is 0.302 e. The van der Waals surface area contributed by atoms with Crippen LogP contribution in [0.25, 0.3) is 0 Å². The number of allylic oxidation sites excluding steroid dienone is 2. The molecule has 82 valence electrons. The van der Waals surface area contributed by atoms with Crippen LogP contribution < -0.4 is 0 Å². The minimum atomic E-state index is -0.233. The Kier molecular flexibility index (Phi) is 3.24. The van der Waals surface area contributed by atoms with E-state index in [9.17, 15) is 4.79 Å². The van der Waals surface area contributed by atoms with Crippen molar-refractivity contribution in [3.05, 3.63) is 12.2 Å². The molecule has 0 unspecified atom stereocenters. The van der Waals surface area contributed by atoms with Crippen LogP contribution in [0.1, 0.15) is 33.6 Å². The van der Waals surface area contributed by atoms with E-state index in [0.29, 0.717) is 6.61 Å². The number of terminal acetylenes is 1. The molecule has 0 fully saturated rings. The third kappa shape index (κ3) is 2.23. The Bertz CT molecular complexity index is 324. The summed E-state index contributed by atoms with van der Waals surface area (Å²) in [6, 6.07) is 0. The number of esters is 1. The molecule has 1 aliphatic rings. The second-order valence-corrected chi connectivity index (χ2v) is 4.59. The highest BCUT2D eigenvalue weighted by molar-refractivity contribution is 5.65. The summed E-state index contributed by atoms with van der Waals surface area (Å²) in [7, 11) is 0. The second kappa shape index (κ2) is 4.10. The molecule has 0 saturated carbocycles. The van der Waals surface area contributed by atoms with E-state index in [1.54, 1.807) is 0 Å². The molecule has 0 aromatic rings. The molecule has 2 nitrogen and oxygen atoms in total. The Balaban J connectivity index is 2.62. The molecule has 0 bridgehead atoms. The van der Waals surface area contributed by atoms with Crippen molar-refractivity contribution < 1.29 is 9.53 Å². The zero-order chi connectivity index (χ0) is 11.5. The fourth-order valence-electron chi connectivity index (χ4n) is 1.96. The number of rotatable bonds is 3. The Morgan fingerprint density at radius 1 is 1.60 bits per heavy atom. The summed E-state index contributed by atoms with van der Waals surface area (Å²) in [6.07, 6.45) is 11.5. The van der Waals surface area contributed by atoms with Gasteiger partial charge in [-0.3, -0.25) is 4.79 Å². The van der Waals surface area contributed by atoms with Crippen LogP contribution in [-0.4, -0.2) is 12.6 Å². The molecule has 15 heavy (non-hydrogen) atoms. The molecule has 0 spiro atoms. The van der Waals surface area contributed by atoms with Crippen molar-refractivity contribution in [3.63, 3.8) is 0 Å². The maximum absolute atomic E-state index is 10.7. The first-order valence-corrected chi connectivity index (χ1v) is 5.22. The van der Waals surface area contributed by atoms with Gasteiger partial charge in [0.1, 0.15) is 0 Å². The highest BCUT2D eigenvalue weighted by atomic mass is 16.5. The zero-order valence-corrected chi connectivity index (χ0v) is 9.67. The molecule has 2 heteroatoms. The van der Waals surface area contributed by atoms with Crippen LogP contribution in [-0.2, 0) is 9.53 Å². The lowest BCUT2D eigenvalue weighted by molar-refractivity contribution is -0.141. The molecular formula is C13H18O2. The third-order valence-electron chi connectivity index (χ3n) is 3.52. The van der Waals surface area contributed by atoms with Gasteiger partial charge in [-0.1, -0.05) is 25.0 Å². The molecule has 2 atom stereocenters. The second-order valence-electron chi connectivity index (χ2n) is 4.59. The van der Waals surface area contributed by atoms with Gasteiger partial charge in [0.25, 0.3) is 0 Å². The van der Waals surface area contributed by atoms with Crippen molar-refractivity contribution in [2.45, 2.75) is 33.6 Å². The summed E-state index contributed by atoms with van der Waals surface area (Å²) < 4.78 is 4.97. The molecule has 0 radical (unpaired) electrons. The lowest BCUT2D eigenvalue weighted by atomic mass is 9.66. The van der Waals surface area contributed by atoms with Gasteiger partial charge in [0.2, 0.25) is 0 Å². The minimum absolute atomic E-state index is 0.0583. The van der Waals surface area contributed by atoms with Crippen LogP contribution in [0.15, 0.2) is 12.2 Å². The quantitative estimate of drug-likeness (QED) is 0.403. The Morgan fingerprint density at radius 2 is 2.27 bits per heavy atom. The van der Waals surface area contributed by atoms with Gasteiger partial charge in [-0.05, 0) is 19.8 Å². The third-order valence-corrected chi connectivity index (χ3v) is 3.52. The van der Waals surface area contributed by atoms with Crippen LogP contribution in [0, 0.1) is 23.2 Å². The molecule has 0 N–H and O–H groups in total. The average molecular weight is 206 g/mol. The van der Waals surface area contributed by atoms with Crippen LogP contribution in [0.3, 0.4) is 0 Å². The van der Waals surface area contributed by atoms with Gasteiger partial charge in [0.05, 0.1) is 6.61 Å². The molecule has 1 aliphatic carbocycles. The number of hydrogen-bond donors (Lipinski definition) is 0. The standard InChI is InChI=1S/C13H18O2/c1-5-12(3)7-6-8-13(12,4)9-10-15-11(2)14/h1,6,8H,7,9-10H2,2-4H3/t12-,13-/m0/s1. The number of hydrogen-bond acceptors (Lipinski definition) is 2. The van der Waals surface area contributed by atoms with Crippen LogP contribution in [0.5, 0.6) is 0 Å². The predicted octanol–water partition coefficient (Wildman–Crippen LogP) is 2.55. The molecule has 0 heterocycles. The molecule has 1 rings (SSSR count). The van der Waals surface area contributed by atoms with Crippen molar-refractivity contribution >= 4 is 5.97 Å². The lowest BCUT2D eigenvalue weighted by Crippen LogP contribution is -2.32. The Hall–Kier alpha value is -1.23. The molecule has 0 saturated heterocycles. The fraction of sp³-hybridized carbons (Fsp3) is 0.615. The highest BCUT2D eigenvalue weighted by Gasteiger charge is 2.43. The molecular weight excluding hydrogens is 188 g/mol. The largest absolute Gasteiger partial charge is 0.466 e. The van der Waals surface area contributed by atoms with Crippen LogP contribution in [0.2, 0.25) is 0 Å². The maximum Gasteiger partial charge on any atom is 0.302 e. The van der Waals surface area contributed by atoms with Gasteiger partial charge in [0, 0.05) is 17.8 Å². The van der Waals surface area contributed by atoms with Crippen molar-refractivity contribution in [2.24, 2.45) is 10.8 Å².